The number of anilines is 3. The number of carbonyl (C=O) groups excluding carboxylic acids is 2. The van der Waals surface area contributed by atoms with E-state index in [9.17, 15) is 9.59 Å². The molecular formula is C25H25IN6O3. The van der Waals surface area contributed by atoms with Gasteiger partial charge in [0.05, 0.1) is 30.7 Å². The Kier molecular flexibility index (Phi) is 5.70. The highest BCUT2D eigenvalue weighted by Crippen LogP contribution is 2.56. The van der Waals surface area contributed by atoms with Gasteiger partial charge in [-0.1, -0.05) is 12.1 Å². The van der Waals surface area contributed by atoms with Crippen molar-refractivity contribution in [2.24, 2.45) is 17.8 Å². The van der Waals surface area contributed by atoms with Crippen LogP contribution < -0.4 is 15.4 Å². The number of para-hydroxylation sites is 1. The van der Waals surface area contributed by atoms with Crippen molar-refractivity contribution < 1.29 is 14.3 Å². The molecule has 35 heavy (non-hydrogen) atoms. The second kappa shape index (κ2) is 8.89. The molecule has 3 fully saturated rings. The highest BCUT2D eigenvalue weighted by Gasteiger charge is 2.46. The van der Waals surface area contributed by atoms with E-state index < -0.39 is 0 Å². The molecule has 180 valence electrons. The third kappa shape index (κ3) is 4.51. The predicted octanol–water partition coefficient (Wildman–Crippen LogP) is 4.99. The van der Waals surface area contributed by atoms with E-state index in [1.807, 2.05) is 24.4 Å². The fourth-order valence-electron chi connectivity index (χ4n) is 5.07. The van der Waals surface area contributed by atoms with Crippen molar-refractivity contribution in [3.05, 3.63) is 42.4 Å². The molecule has 0 bridgehead atoms. The van der Waals surface area contributed by atoms with E-state index >= 15 is 0 Å². The Morgan fingerprint density at radius 1 is 1.11 bits per heavy atom. The third-order valence-corrected chi connectivity index (χ3v) is 7.68. The Bertz CT molecular complexity index is 1310. The van der Waals surface area contributed by atoms with Crippen LogP contribution in [0.4, 0.5) is 17.2 Å². The van der Waals surface area contributed by atoms with E-state index in [4.69, 9.17) is 4.74 Å². The molecule has 2 heterocycles. The molecule has 0 radical (unpaired) electrons. The third-order valence-electron chi connectivity index (χ3n) is 7.17. The smallest absolute Gasteiger partial charge is 0.244 e. The van der Waals surface area contributed by atoms with Gasteiger partial charge in [0, 0.05) is 51.9 Å². The van der Waals surface area contributed by atoms with Gasteiger partial charge in [-0.3, -0.25) is 14.3 Å². The zero-order valence-electron chi connectivity index (χ0n) is 19.2. The van der Waals surface area contributed by atoms with Crippen LogP contribution >= 0.6 is 22.6 Å². The Balaban J connectivity index is 1.29. The molecule has 2 aromatic heterocycles. The highest BCUT2D eigenvalue weighted by atomic mass is 127. The van der Waals surface area contributed by atoms with Crippen LogP contribution in [-0.4, -0.2) is 36.8 Å². The van der Waals surface area contributed by atoms with E-state index in [1.54, 1.807) is 35.8 Å². The van der Waals surface area contributed by atoms with Gasteiger partial charge < -0.3 is 15.4 Å². The maximum absolute atomic E-state index is 12.2. The number of methoxy groups -OCH3 is 1. The fraction of sp³-hybridized carbons (Fsp3) is 0.400. The summed E-state index contributed by atoms with van der Waals surface area (Å²) in [5, 5.41) is 18.8. The lowest BCUT2D eigenvalue weighted by atomic mass is 10.1. The molecule has 3 aromatic rings. The fourth-order valence-corrected chi connectivity index (χ4v) is 5.47. The van der Waals surface area contributed by atoms with Crippen molar-refractivity contribution in [2.75, 3.05) is 17.7 Å². The molecule has 3 atom stereocenters. The number of fused-ring (bicyclic) bond motifs is 1. The summed E-state index contributed by atoms with van der Waals surface area (Å²) in [6.45, 7) is 0. The first-order valence-electron chi connectivity index (χ1n) is 11.9. The summed E-state index contributed by atoms with van der Waals surface area (Å²) in [5.41, 5.74) is 3.17. The van der Waals surface area contributed by atoms with Gasteiger partial charge in [0.25, 0.3) is 0 Å². The first-order chi connectivity index (χ1) is 17.0. The van der Waals surface area contributed by atoms with Crippen LogP contribution in [0.3, 0.4) is 0 Å². The quantitative estimate of drug-likeness (QED) is 0.284. The molecule has 0 aliphatic heterocycles. The number of benzene rings is 1. The minimum atomic E-state index is -0.260. The van der Waals surface area contributed by atoms with Crippen LogP contribution in [0.2, 0.25) is 0 Å². The number of hydrogen-bond donors (Lipinski definition) is 2. The minimum absolute atomic E-state index is 0.0341. The van der Waals surface area contributed by atoms with Crippen LogP contribution in [0.1, 0.15) is 48.6 Å². The monoisotopic (exact) mass is 584 g/mol. The Hall–Kier alpha value is -3.02. The first-order valence-corrected chi connectivity index (χ1v) is 12.9. The van der Waals surface area contributed by atoms with Crippen LogP contribution in [0.25, 0.3) is 11.1 Å². The average Bonchev–Trinajstić information content (AvgIpc) is 3.74. The van der Waals surface area contributed by atoms with Gasteiger partial charge in [0.1, 0.15) is 5.75 Å². The molecule has 3 aliphatic rings. The molecule has 1 unspecified atom stereocenters. The molecule has 3 saturated carbocycles. The van der Waals surface area contributed by atoms with Crippen molar-refractivity contribution in [1.29, 1.82) is 0 Å². The molecule has 2 N–H and O–H groups in total. The predicted molar refractivity (Wildman–Crippen MR) is 139 cm³/mol. The zero-order chi connectivity index (χ0) is 24.1. The van der Waals surface area contributed by atoms with Crippen molar-refractivity contribution in [2.45, 2.75) is 38.1 Å². The zero-order valence-corrected chi connectivity index (χ0v) is 21.4. The lowest BCUT2D eigenvalue weighted by molar-refractivity contribution is -0.117. The van der Waals surface area contributed by atoms with Gasteiger partial charge >= 0.3 is 0 Å². The van der Waals surface area contributed by atoms with E-state index in [-0.39, 0.29) is 21.3 Å². The number of nitrogens with one attached hydrogen (secondary N) is 2. The SMILES string of the molecule is COc1c(Nc2cc(NC(=O)C3CC3)nnc2C(=O)I)cccc1-c1cnn(C2C[C@@H]3C[C@@H]3C2)c1. The van der Waals surface area contributed by atoms with Crippen molar-refractivity contribution in [3.8, 4) is 16.9 Å². The standard InChI is InChI=1S/C25H25IN6O3/c1-35-23-18(16-11-27-32(12-16)17-8-14-7-15(14)9-17)3-2-4-19(23)28-20-10-21(29-25(34)13-5-6-13)30-31-22(20)24(26)33/h2-4,10-15,17H,5-9H2,1H3,(H2,28,29,30,34)/t14-,15+,17?. The Morgan fingerprint density at radius 2 is 1.91 bits per heavy atom. The van der Waals surface area contributed by atoms with Crippen LogP contribution in [-0.2, 0) is 4.79 Å². The van der Waals surface area contributed by atoms with Crippen molar-refractivity contribution >= 4 is 49.5 Å². The minimum Gasteiger partial charge on any atom is -0.494 e. The van der Waals surface area contributed by atoms with Gasteiger partial charge in [0.15, 0.2) is 11.5 Å². The highest BCUT2D eigenvalue weighted by molar-refractivity contribution is 14.1. The van der Waals surface area contributed by atoms with Gasteiger partial charge in [-0.2, -0.15) is 5.10 Å². The van der Waals surface area contributed by atoms with Crippen molar-refractivity contribution in [3.63, 3.8) is 0 Å². The Labute approximate surface area is 216 Å². The van der Waals surface area contributed by atoms with Crippen molar-refractivity contribution in [1.82, 2.24) is 20.0 Å². The number of aromatic nitrogens is 4. The molecule has 3 aliphatic carbocycles. The number of carbonyl (C=O) groups is 2. The number of nitrogens with zero attached hydrogens (tertiary/aromatic N) is 4. The van der Waals surface area contributed by atoms with Gasteiger partial charge in [-0.05, 0) is 50.0 Å². The molecule has 0 saturated heterocycles. The maximum Gasteiger partial charge on any atom is 0.244 e. The largest absolute Gasteiger partial charge is 0.494 e. The first kappa shape index (κ1) is 22.4. The molecule has 0 spiro atoms. The number of ether oxygens (including phenoxy) is 1. The normalized spacial score (nSPS) is 22.4. The van der Waals surface area contributed by atoms with Crippen LogP contribution in [0, 0.1) is 17.8 Å². The number of amides is 1. The second-order valence-corrected chi connectivity index (χ2v) is 10.6. The lowest BCUT2D eigenvalue weighted by Gasteiger charge is -2.16. The van der Waals surface area contributed by atoms with Gasteiger partial charge in [0.2, 0.25) is 9.70 Å². The molecule has 9 nitrogen and oxygen atoms in total. The molecule has 1 aromatic carbocycles. The summed E-state index contributed by atoms with van der Waals surface area (Å²) in [6.07, 6.45) is 9.55. The summed E-state index contributed by atoms with van der Waals surface area (Å²) in [4.78, 5) is 24.4. The van der Waals surface area contributed by atoms with Gasteiger partial charge in [-0.25, -0.2) is 0 Å². The molecular weight excluding hydrogens is 559 g/mol. The maximum atomic E-state index is 12.2. The summed E-state index contributed by atoms with van der Waals surface area (Å²) in [6, 6.07) is 7.91. The number of hydrogen-bond acceptors (Lipinski definition) is 7. The molecule has 10 heteroatoms. The molecule has 1 amide bonds. The summed E-state index contributed by atoms with van der Waals surface area (Å²) in [5.74, 6) is 2.67. The summed E-state index contributed by atoms with van der Waals surface area (Å²) < 4.78 is 7.64. The molecule has 6 rings (SSSR count). The number of halogens is 1. The average molecular weight is 584 g/mol. The lowest BCUT2D eigenvalue weighted by Crippen LogP contribution is -2.16. The van der Waals surface area contributed by atoms with Crippen LogP contribution in [0.5, 0.6) is 5.75 Å². The van der Waals surface area contributed by atoms with E-state index in [2.05, 4.69) is 36.8 Å². The second-order valence-electron chi connectivity index (χ2n) is 9.63. The summed E-state index contributed by atoms with van der Waals surface area (Å²) >= 11 is 1.68. The Morgan fingerprint density at radius 3 is 2.63 bits per heavy atom. The van der Waals surface area contributed by atoms with E-state index in [0.717, 1.165) is 35.8 Å². The summed E-state index contributed by atoms with van der Waals surface area (Å²) in [7, 11) is 1.62. The number of rotatable bonds is 8. The van der Waals surface area contributed by atoms with Crippen LogP contribution in [0.15, 0.2) is 36.7 Å². The van der Waals surface area contributed by atoms with E-state index in [0.29, 0.717) is 29.0 Å². The van der Waals surface area contributed by atoms with Gasteiger partial charge in [-0.15, -0.1) is 10.2 Å². The topological polar surface area (TPSA) is 111 Å². The van der Waals surface area contributed by atoms with E-state index in [1.165, 1.54) is 19.3 Å².